The second kappa shape index (κ2) is 9.34. The number of benzene rings is 1. The SMILES string of the molecule is CC(c1ccc(F)cc1C(F)F)N1C[C@H](C)N(c2nc(=O)n(C)c3c2nc(CC#N)n3C)C[C@H]1C. The zero-order chi connectivity index (χ0) is 25.6. The lowest BCUT2D eigenvalue weighted by Crippen LogP contribution is -2.57. The van der Waals surface area contributed by atoms with Crippen LogP contribution in [0.2, 0.25) is 0 Å². The smallest absolute Gasteiger partial charge is 0.349 e. The molecular formula is C24H28F3N7O. The average molecular weight is 488 g/mol. The standard InChI is InChI=1S/C24H28F3N7O/c1-13-12-34(22-20-23(32(5)24(35)30-22)31(4)19(29-20)8-9-28)14(2)11-33(13)15(3)17-7-6-16(25)10-18(17)21(26)27/h6-7,10,13-15,21H,8,11-12H2,1-5H3/t13-,14+,15?/m1/s1. The maximum absolute atomic E-state index is 13.6. The summed E-state index contributed by atoms with van der Waals surface area (Å²) < 4.78 is 44.1. The highest BCUT2D eigenvalue weighted by atomic mass is 19.3. The first kappa shape index (κ1) is 24.7. The van der Waals surface area contributed by atoms with Gasteiger partial charge >= 0.3 is 5.69 Å². The molecule has 186 valence electrons. The van der Waals surface area contributed by atoms with Crippen molar-refractivity contribution >= 4 is 17.0 Å². The monoisotopic (exact) mass is 487 g/mol. The van der Waals surface area contributed by atoms with Crippen LogP contribution in [0.25, 0.3) is 11.2 Å². The van der Waals surface area contributed by atoms with E-state index in [1.807, 2.05) is 25.7 Å². The molecule has 8 nitrogen and oxygen atoms in total. The van der Waals surface area contributed by atoms with E-state index in [1.54, 1.807) is 18.7 Å². The van der Waals surface area contributed by atoms with Gasteiger partial charge < -0.3 is 9.47 Å². The van der Waals surface area contributed by atoms with Crippen LogP contribution in [0, 0.1) is 17.1 Å². The molecule has 0 amide bonds. The van der Waals surface area contributed by atoms with E-state index in [0.29, 0.717) is 41.5 Å². The molecule has 1 aromatic carbocycles. The van der Waals surface area contributed by atoms with Gasteiger partial charge in [-0.1, -0.05) is 6.07 Å². The van der Waals surface area contributed by atoms with Crippen LogP contribution in [-0.2, 0) is 20.5 Å². The third-order valence-corrected chi connectivity index (χ3v) is 6.95. The molecule has 0 saturated carbocycles. The zero-order valence-corrected chi connectivity index (χ0v) is 20.3. The molecule has 3 heterocycles. The van der Waals surface area contributed by atoms with Gasteiger partial charge in [-0.25, -0.2) is 22.9 Å². The van der Waals surface area contributed by atoms with Crippen LogP contribution in [0.5, 0.6) is 0 Å². The van der Waals surface area contributed by atoms with Crippen molar-refractivity contribution in [3.63, 3.8) is 0 Å². The van der Waals surface area contributed by atoms with Gasteiger partial charge in [0.2, 0.25) is 0 Å². The summed E-state index contributed by atoms with van der Waals surface area (Å²) >= 11 is 0. The van der Waals surface area contributed by atoms with Gasteiger partial charge in [0.25, 0.3) is 6.43 Å². The lowest BCUT2D eigenvalue weighted by atomic mass is 9.96. The van der Waals surface area contributed by atoms with Gasteiger partial charge in [0.15, 0.2) is 5.82 Å². The fraction of sp³-hybridized carbons (Fsp3) is 0.500. The van der Waals surface area contributed by atoms with Crippen LogP contribution in [0.1, 0.15) is 50.2 Å². The number of alkyl halides is 2. The van der Waals surface area contributed by atoms with Gasteiger partial charge in [0.05, 0.1) is 12.5 Å². The summed E-state index contributed by atoms with van der Waals surface area (Å²) in [6.07, 6.45) is -2.68. The van der Waals surface area contributed by atoms with E-state index in [4.69, 9.17) is 5.26 Å². The van der Waals surface area contributed by atoms with Crippen LogP contribution in [0.4, 0.5) is 19.0 Å². The summed E-state index contributed by atoms with van der Waals surface area (Å²) in [5.74, 6) is 0.300. The molecule has 0 bridgehead atoms. The largest absolute Gasteiger partial charge is 0.350 e. The van der Waals surface area contributed by atoms with Crippen LogP contribution in [0.3, 0.4) is 0 Å². The Morgan fingerprint density at radius 3 is 2.49 bits per heavy atom. The third-order valence-electron chi connectivity index (χ3n) is 6.95. The van der Waals surface area contributed by atoms with E-state index in [1.165, 1.54) is 16.7 Å². The predicted octanol–water partition coefficient (Wildman–Crippen LogP) is 3.47. The molecule has 3 atom stereocenters. The van der Waals surface area contributed by atoms with Crippen LogP contribution < -0.4 is 10.6 Å². The number of hydrogen-bond donors (Lipinski definition) is 0. The third kappa shape index (κ3) is 4.27. The van der Waals surface area contributed by atoms with Crippen LogP contribution in [-0.4, -0.2) is 49.2 Å². The van der Waals surface area contributed by atoms with Gasteiger partial charge in [-0.15, -0.1) is 0 Å². The number of halogens is 3. The van der Waals surface area contributed by atoms with E-state index in [0.717, 1.165) is 6.07 Å². The molecule has 0 spiro atoms. The fourth-order valence-corrected chi connectivity index (χ4v) is 5.09. The number of nitriles is 1. The van der Waals surface area contributed by atoms with Crippen molar-refractivity contribution in [1.82, 2.24) is 24.0 Å². The molecule has 1 aliphatic heterocycles. The molecule has 1 aliphatic rings. The number of nitrogens with zero attached hydrogens (tertiary/aromatic N) is 7. The van der Waals surface area contributed by atoms with Gasteiger partial charge in [-0.2, -0.15) is 10.2 Å². The Hall–Kier alpha value is -3.39. The van der Waals surface area contributed by atoms with Crippen LogP contribution in [0.15, 0.2) is 23.0 Å². The molecule has 0 radical (unpaired) electrons. The topological polar surface area (TPSA) is 83.0 Å². The number of aryl methyl sites for hydroxylation is 2. The van der Waals surface area contributed by atoms with Crippen molar-refractivity contribution in [2.75, 3.05) is 18.0 Å². The summed E-state index contributed by atoms with van der Waals surface area (Å²) in [6.45, 7) is 6.81. The predicted molar refractivity (Wildman–Crippen MR) is 126 cm³/mol. The fourth-order valence-electron chi connectivity index (χ4n) is 5.09. The number of anilines is 1. The quantitative estimate of drug-likeness (QED) is 0.548. The summed E-state index contributed by atoms with van der Waals surface area (Å²) in [5.41, 5.74) is 0.789. The molecule has 2 aromatic heterocycles. The Morgan fingerprint density at radius 1 is 1.11 bits per heavy atom. The minimum absolute atomic E-state index is 0.0834. The minimum Gasteiger partial charge on any atom is -0.349 e. The van der Waals surface area contributed by atoms with Gasteiger partial charge in [0.1, 0.15) is 22.8 Å². The summed E-state index contributed by atoms with van der Waals surface area (Å²) in [7, 11) is 3.38. The Bertz CT molecular complexity index is 1360. The molecule has 1 fully saturated rings. The Labute approximate surface area is 201 Å². The van der Waals surface area contributed by atoms with Crippen molar-refractivity contribution in [1.29, 1.82) is 5.26 Å². The Morgan fingerprint density at radius 2 is 1.83 bits per heavy atom. The molecule has 3 aromatic rings. The number of hydrogen-bond acceptors (Lipinski definition) is 6. The Balaban J connectivity index is 1.70. The van der Waals surface area contributed by atoms with E-state index >= 15 is 0 Å². The van der Waals surface area contributed by atoms with Gasteiger partial charge in [0, 0.05) is 50.9 Å². The summed E-state index contributed by atoms with van der Waals surface area (Å²) in [6, 6.07) is 5.07. The minimum atomic E-state index is -2.78. The number of aromatic nitrogens is 4. The van der Waals surface area contributed by atoms with Crippen molar-refractivity contribution in [2.45, 2.75) is 51.7 Å². The molecule has 35 heavy (non-hydrogen) atoms. The lowest BCUT2D eigenvalue weighted by Gasteiger charge is -2.47. The molecule has 0 N–H and O–H groups in total. The van der Waals surface area contributed by atoms with E-state index in [2.05, 4.69) is 20.9 Å². The number of piperazine rings is 1. The first-order valence-corrected chi connectivity index (χ1v) is 11.4. The highest BCUT2D eigenvalue weighted by Gasteiger charge is 2.36. The maximum atomic E-state index is 13.6. The van der Waals surface area contributed by atoms with E-state index in [-0.39, 0.29) is 30.1 Å². The summed E-state index contributed by atoms with van der Waals surface area (Å²) in [5, 5.41) is 9.16. The zero-order valence-electron chi connectivity index (χ0n) is 20.3. The second-order valence-corrected chi connectivity index (χ2v) is 9.17. The highest BCUT2D eigenvalue weighted by Crippen LogP contribution is 2.35. The molecule has 4 rings (SSSR count). The molecule has 1 saturated heterocycles. The number of imidazole rings is 1. The van der Waals surface area contributed by atoms with E-state index in [9.17, 15) is 18.0 Å². The number of rotatable bonds is 5. The first-order chi connectivity index (χ1) is 16.5. The van der Waals surface area contributed by atoms with Crippen molar-refractivity contribution < 1.29 is 13.2 Å². The average Bonchev–Trinajstić information content (AvgIpc) is 3.13. The number of fused-ring (bicyclic) bond motifs is 1. The van der Waals surface area contributed by atoms with Crippen LogP contribution >= 0.6 is 0 Å². The van der Waals surface area contributed by atoms with E-state index < -0.39 is 17.9 Å². The second-order valence-electron chi connectivity index (χ2n) is 9.17. The van der Waals surface area contributed by atoms with Crippen molar-refractivity contribution in [3.05, 3.63) is 51.5 Å². The Kier molecular flexibility index (Phi) is 6.60. The molecule has 11 heteroatoms. The molecule has 0 aliphatic carbocycles. The highest BCUT2D eigenvalue weighted by molar-refractivity contribution is 5.84. The normalized spacial score (nSPS) is 19.9. The molecule has 1 unspecified atom stereocenters. The molecular weight excluding hydrogens is 459 g/mol. The van der Waals surface area contributed by atoms with Crippen molar-refractivity contribution in [3.8, 4) is 6.07 Å². The van der Waals surface area contributed by atoms with Crippen molar-refractivity contribution in [2.24, 2.45) is 14.1 Å². The lowest BCUT2D eigenvalue weighted by molar-refractivity contribution is 0.111. The maximum Gasteiger partial charge on any atom is 0.350 e. The van der Waals surface area contributed by atoms with Gasteiger partial charge in [-0.05, 0) is 38.5 Å². The first-order valence-electron chi connectivity index (χ1n) is 11.4. The van der Waals surface area contributed by atoms with Gasteiger partial charge in [-0.3, -0.25) is 9.47 Å². The summed E-state index contributed by atoms with van der Waals surface area (Å²) in [4.78, 5) is 25.8.